The Balaban J connectivity index is 3.18. The fraction of sp³-hybridized carbons (Fsp3) is 0.533. The summed E-state index contributed by atoms with van der Waals surface area (Å²) < 4.78 is 10.3. The van der Waals surface area contributed by atoms with E-state index in [4.69, 9.17) is 9.47 Å². The molecule has 0 aromatic heterocycles. The van der Waals surface area contributed by atoms with Crippen molar-refractivity contribution in [1.82, 2.24) is 5.32 Å². The lowest BCUT2D eigenvalue weighted by atomic mass is 9.90. The highest BCUT2D eigenvalue weighted by Gasteiger charge is 2.38. The van der Waals surface area contributed by atoms with Crippen molar-refractivity contribution in [2.24, 2.45) is 5.92 Å². The summed E-state index contributed by atoms with van der Waals surface area (Å²) in [5.41, 5.74) is -0.129. The van der Waals surface area contributed by atoms with E-state index in [1.54, 1.807) is 7.11 Å². The number of hydrogen-bond donors (Lipinski definition) is 1. The van der Waals surface area contributed by atoms with Crippen molar-refractivity contribution >= 4 is 5.97 Å². The zero-order valence-corrected chi connectivity index (χ0v) is 12.3. The van der Waals surface area contributed by atoms with Gasteiger partial charge in [0.25, 0.3) is 0 Å². The molecule has 0 radical (unpaired) electrons. The Morgan fingerprint density at radius 2 is 1.95 bits per heavy atom. The molecule has 1 aromatic rings. The summed E-state index contributed by atoms with van der Waals surface area (Å²) in [4.78, 5) is 12.2. The van der Waals surface area contributed by atoms with Crippen molar-refractivity contribution in [3.05, 3.63) is 29.8 Å². The van der Waals surface area contributed by atoms with Gasteiger partial charge >= 0.3 is 5.97 Å². The minimum Gasteiger partial charge on any atom is -0.496 e. The van der Waals surface area contributed by atoms with E-state index in [9.17, 15) is 4.79 Å². The van der Waals surface area contributed by atoms with Crippen LogP contribution < -0.4 is 10.1 Å². The highest BCUT2D eigenvalue weighted by Crippen LogP contribution is 2.30. The van der Waals surface area contributed by atoms with Gasteiger partial charge in [0.15, 0.2) is 0 Å². The van der Waals surface area contributed by atoms with E-state index in [0.717, 1.165) is 5.56 Å². The largest absolute Gasteiger partial charge is 0.496 e. The molecule has 1 unspecified atom stereocenters. The fourth-order valence-electron chi connectivity index (χ4n) is 1.95. The molecule has 0 aliphatic rings. The molecule has 0 aliphatic heterocycles. The van der Waals surface area contributed by atoms with Gasteiger partial charge in [-0.05, 0) is 25.5 Å². The van der Waals surface area contributed by atoms with Crippen LogP contribution in [-0.2, 0) is 15.1 Å². The molecule has 0 saturated carbocycles. The Morgan fingerprint density at radius 3 is 2.47 bits per heavy atom. The molecule has 0 amide bonds. The molecule has 0 bridgehead atoms. The van der Waals surface area contributed by atoms with Crippen molar-refractivity contribution in [3.8, 4) is 5.75 Å². The van der Waals surface area contributed by atoms with E-state index >= 15 is 0 Å². The highest BCUT2D eigenvalue weighted by molar-refractivity contribution is 5.83. The van der Waals surface area contributed by atoms with E-state index in [0.29, 0.717) is 18.2 Å². The maximum absolute atomic E-state index is 12.2. The van der Waals surface area contributed by atoms with Crippen molar-refractivity contribution in [2.45, 2.75) is 26.3 Å². The number of ether oxygens (including phenoxy) is 2. The molecule has 1 N–H and O–H groups in total. The van der Waals surface area contributed by atoms with E-state index in [1.807, 2.05) is 31.2 Å². The minimum absolute atomic E-state index is 0.322. The molecule has 1 atom stereocenters. The number of para-hydroxylation sites is 1. The van der Waals surface area contributed by atoms with Gasteiger partial charge in [-0.15, -0.1) is 0 Å². The topological polar surface area (TPSA) is 47.6 Å². The van der Waals surface area contributed by atoms with Gasteiger partial charge in [0.1, 0.15) is 11.3 Å². The van der Waals surface area contributed by atoms with Gasteiger partial charge in [-0.1, -0.05) is 32.0 Å². The summed E-state index contributed by atoms with van der Waals surface area (Å²) in [5.74, 6) is 0.781. The molecule has 0 heterocycles. The van der Waals surface area contributed by atoms with Crippen LogP contribution in [0.2, 0.25) is 0 Å². The van der Waals surface area contributed by atoms with Gasteiger partial charge in [0, 0.05) is 5.56 Å². The summed E-state index contributed by atoms with van der Waals surface area (Å²) in [5, 5.41) is 3.28. The van der Waals surface area contributed by atoms with Crippen molar-refractivity contribution in [2.75, 3.05) is 20.8 Å². The smallest absolute Gasteiger partial charge is 0.330 e. The lowest BCUT2D eigenvalue weighted by Gasteiger charge is -2.30. The van der Waals surface area contributed by atoms with Crippen molar-refractivity contribution in [3.63, 3.8) is 0 Å². The molecule has 0 saturated heterocycles. The molecule has 0 spiro atoms. The van der Waals surface area contributed by atoms with Gasteiger partial charge in [0.2, 0.25) is 0 Å². The Kier molecular flexibility index (Phi) is 5.36. The highest BCUT2D eigenvalue weighted by atomic mass is 16.5. The first-order valence-corrected chi connectivity index (χ1v) is 6.42. The van der Waals surface area contributed by atoms with Crippen LogP contribution in [0.1, 0.15) is 26.3 Å². The van der Waals surface area contributed by atoms with Gasteiger partial charge in [-0.25, -0.2) is 4.79 Å². The van der Waals surface area contributed by atoms with Gasteiger partial charge < -0.3 is 9.47 Å². The maximum atomic E-state index is 12.2. The zero-order valence-electron chi connectivity index (χ0n) is 12.3. The third-order valence-electron chi connectivity index (χ3n) is 3.10. The molecule has 19 heavy (non-hydrogen) atoms. The average Bonchev–Trinajstić information content (AvgIpc) is 2.43. The quantitative estimate of drug-likeness (QED) is 0.802. The Bertz CT molecular complexity index is 431. The monoisotopic (exact) mass is 265 g/mol. The van der Waals surface area contributed by atoms with Crippen LogP contribution >= 0.6 is 0 Å². The number of benzene rings is 1. The molecular weight excluding hydrogens is 242 g/mol. The van der Waals surface area contributed by atoms with Crippen LogP contribution in [0, 0.1) is 5.92 Å². The number of methoxy groups -OCH3 is 2. The van der Waals surface area contributed by atoms with Crippen molar-refractivity contribution < 1.29 is 14.3 Å². The number of carbonyl (C=O) groups excluding carboxylic acids is 1. The lowest BCUT2D eigenvalue weighted by molar-refractivity contribution is -0.148. The first-order chi connectivity index (χ1) is 8.95. The zero-order chi connectivity index (χ0) is 14.5. The van der Waals surface area contributed by atoms with Crippen LogP contribution in [0.15, 0.2) is 24.3 Å². The van der Waals surface area contributed by atoms with Crippen LogP contribution in [0.4, 0.5) is 0 Å². The lowest BCUT2D eigenvalue weighted by Crippen LogP contribution is -2.48. The Hall–Kier alpha value is -1.55. The summed E-state index contributed by atoms with van der Waals surface area (Å²) in [6.07, 6.45) is 0. The van der Waals surface area contributed by atoms with Crippen LogP contribution in [0.5, 0.6) is 5.75 Å². The molecule has 4 heteroatoms. The van der Waals surface area contributed by atoms with Crippen LogP contribution in [0.3, 0.4) is 0 Å². The number of hydrogen-bond acceptors (Lipinski definition) is 4. The average molecular weight is 265 g/mol. The second kappa shape index (κ2) is 6.57. The predicted octanol–water partition coefficient (Wildman–Crippen LogP) is 2.33. The Labute approximate surface area is 115 Å². The molecule has 0 aliphatic carbocycles. The molecule has 1 aromatic carbocycles. The number of nitrogens with one attached hydrogen (secondary N) is 1. The Morgan fingerprint density at radius 1 is 1.32 bits per heavy atom. The third-order valence-corrected chi connectivity index (χ3v) is 3.10. The number of esters is 1. The van der Waals surface area contributed by atoms with Gasteiger partial charge in [0.05, 0.1) is 14.2 Å². The summed E-state index contributed by atoms with van der Waals surface area (Å²) in [6.45, 7) is 6.71. The molecule has 0 fully saturated rings. The van der Waals surface area contributed by atoms with Gasteiger partial charge in [-0.3, -0.25) is 5.32 Å². The summed E-state index contributed by atoms with van der Waals surface area (Å²) in [7, 11) is 2.99. The summed E-state index contributed by atoms with van der Waals surface area (Å²) in [6, 6.07) is 7.48. The second-order valence-corrected chi connectivity index (χ2v) is 5.09. The van der Waals surface area contributed by atoms with Gasteiger partial charge in [-0.2, -0.15) is 0 Å². The van der Waals surface area contributed by atoms with Crippen LogP contribution in [0.25, 0.3) is 0 Å². The third kappa shape index (κ3) is 3.47. The molecule has 1 rings (SSSR count). The van der Waals surface area contributed by atoms with E-state index in [2.05, 4.69) is 19.2 Å². The first kappa shape index (κ1) is 15.5. The number of carbonyl (C=O) groups is 1. The maximum Gasteiger partial charge on any atom is 0.330 e. The van der Waals surface area contributed by atoms with Crippen LogP contribution in [-0.4, -0.2) is 26.7 Å². The molecular formula is C15H23NO3. The standard InChI is InChI=1S/C15H23NO3/c1-11(2)10-16-15(3,14(17)19-5)12-8-6-7-9-13(12)18-4/h6-9,11,16H,10H2,1-5H3. The summed E-state index contributed by atoms with van der Waals surface area (Å²) >= 11 is 0. The first-order valence-electron chi connectivity index (χ1n) is 6.42. The number of rotatable bonds is 6. The molecule has 4 nitrogen and oxygen atoms in total. The van der Waals surface area contributed by atoms with E-state index in [-0.39, 0.29) is 5.97 Å². The SMILES string of the molecule is COC(=O)C(C)(NCC(C)C)c1ccccc1OC. The molecule has 106 valence electrons. The van der Waals surface area contributed by atoms with E-state index in [1.165, 1.54) is 7.11 Å². The minimum atomic E-state index is -0.911. The second-order valence-electron chi connectivity index (χ2n) is 5.09. The van der Waals surface area contributed by atoms with E-state index < -0.39 is 5.54 Å². The normalized spacial score (nSPS) is 14.0. The van der Waals surface area contributed by atoms with Crippen molar-refractivity contribution in [1.29, 1.82) is 0 Å². The predicted molar refractivity (Wildman–Crippen MR) is 75.2 cm³/mol. The fourth-order valence-corrected chi connectivity index (χ4v) is 1.95.